The highest BCUT2D eigenvalue weighted by atomic mass is 32.2. The van der Waals surface area contributed by atoms with Crippen molar-refractivity contribution >= 4 is 23.5 Å². The van der Waals surface area contributed by atoms with Crippen molar-refractivity contribution in [1.29, 1.82) is 0 Å². The molecule has 2 amide bonds. The lowest BCUT2D eigenvalue weighted by Crippen LogP contribution is -2.43. The first-order chi connectivity index (χ1) is 10.2. The van der Waals surface area contributed by atoms with Crippen LogP contribution in [-0.4, -0.2) is 41.5 Å². The van der Waals surface area contributed by atoms with E-state index >= 15 is 0 Å². The quantitative estimate of drug-likeness (QED) is 0.748. The van der Waals surface area contributed by atoms with Gasteiger partial charge in [-0.2, -0.15) is 24.9 Å². The number of aliphatic hydroxyl groups excluding tert-OH is 1. The van der Waals surface area contributed by atoms with E-state index in [4.69, 9.17) is 5.11 Å². The van der Waals surface area contributed by atoms with Crippen LogP contribution in [0.1, 0.15) is 12.5 Å². The Morgan fingerprint density at radius 3 is 2.64 bits per heavy atom. The molecule has 1 rings (SSSR count). The number of amides is 2. The van der Waals surface area contributed by atoms with Crippen LogP contribution in [0.2, 0.25) is 0 Å². The van der Waals surface area contributed by atoms with E-state index in [-0.39, 0.29) is 29.1 Å². The lowest BCUT2D eigenvalue weighted by atomic mass is 10.1. The number of carbonyl (C=O) groups excluding carboxylic acids is 1. The average Bonchev–Trinajstić information content (AvgIpc) is 2.38. The number of carbonyl (C=O) groups is 1. The molecule has 3 N–H and O–H groups in total. The van der Waals surface area contributed by atoms with Crippen molar-refractivity contribution in [3.63, 3.8) is 0 Å². The van der Waals surface area contributed by atoms with E-state index in [1.54, 1.807) is 6.92 Å². The largest absolute Gasteiger partial charge is 0.395 e. The van der Waals surface area contributed by atoms with Gasteiger partial charge < -0.3 is 15.7 Å². The van der Waals surface area contributed by atoms with Crippen LogP contribution in [0.15, 0.2) is 24.3 Å². The Morgan fingerprint density at radius 2 is 2.09 bits per heavy atom. The third-order valence-electron chi connectivity index (χ3n) is 2.99. The predicted molar refractivity (Wildman–Crippen MR) is 82.2 cm³/mol. The van der Waals surface area contributed by atoms with E-state index in [1.807, 2.05) is 6.26 Å². The SMILES string of the molecule is CSC(CO)C(C)NC(=O)Nc1cccc(CC(F)(F)F)c1. The Bertz CT molecular complexity index is 493. The molecule has 0 bridgehead atoms. The summed E-state index contributed by atoms with van der Waals surface area (Å²) in [5.74, 6) is 0. The summed E-state index contributed by atoms with van der Waals surface area (Å²) in [4.78, 5) is 11.8. The number of thioether (sulfide) groups is 1. The number of nitrogens with one attached hydrogen (secondary N) is 2. The molecule has 4 nitrogen and oxygen atoms in total. The summed E-state index contributed by atoms with van der Waals surface area (Å²) in [6.45, 7) is 1.67. The van der Waals surface area contributed by atoms with Gasteiger partial charge in [-0.1, -0.05) is 12.1 Å². The van der Waals surface area contributed by atoms with Crippen LogP contribution in [0.25, 0.3) is 0 Å². The highest BCUT2D eigenvalue weighted by molar-refractivity contribution is 7.99. The van der Waals surface area contributed by atoms with Crippen molar-refractivity contribution in [2.75, 3.05) is 18.2 Å². The van der Waals surface area contributed by atoms with Crippen molar-refractivity contribution in [3.05, 3.63) is 29.8 Å². The van der Waals surface area contributed by atoms with E-state index in [0.717, 1.165) is 0 Å². The van der Waals surface area contributed by atoms with Crippen LogP contribution < -0.4 is 10.6 Å². The van der Waals surface area contributed by atoms with E-state index in [1.165, 1.54) is 36.0 Å². The van der Waals surface area contributed by atoms with Gasteiger partial charge in [0.05, 0.1) is 13.0 Å². The number of hydrogen-bond donors (Lipinski definition) is 3. The molecular formula is C14H19F3N2O2S. The molecule has 2 atom stereocenters. The first-order valence-electron chi connectivity index (χ1n) is 6.62. The number of benzene rings is 1. The second-order valence-electron chi connectivity index (χ2n) is 4.84. The van der Waals surface area contributed by atoms with E-state index < -0.39 is 18.6 Å². The number of hydrogen-bond acceptors (Lipinski definition) is 3. The zero-order valence-electron chi connectivity index (χ0n) is 12.3. The Morgan fingerprint density at radius 1 is 1.41 bits per heavy atom. The van der Waals surface area contributed by atoms with Crippen LogP contribution in [0.5, 0.6) is 0 Å². The molecule has 0 saturated carbocycles. The fraction of sp³-hybridized carbons (Fsp3) is 0.500. The standard InChI is InChI=1S/C14H19F3N2O2S/c1-9(12(8-20)22-2)18-13(21)19-11-5-3-4-10(6-11)7-14(15,16)17/h3-6,9,12,20H,7-8H2,1-2H3,(H2,18,19,21). The lowest BCUT2D eigenvalue weighted by Gasteiger charge is -2.21. The molecule has 2 unspecified atom stereocenters. The van der Waals surface area contributed by atoms with Crippen molar-refractivity contribution in [2.24, 2.45) is 0 Å². The van der Waals surface area contributed by atoms with Gasteiger partial charge in [0.25, 0.3) is 0 Å². The molecule has 22 heavy (non-hydrogen) atoms. The number of urea groups is 1. The Balaban J connectivity index is 2.63. The van der Waals surface area contributed by atoms with E-state index in [0.29, 0.717) is 0 Å². The Hall–Kier alpha value is -1.41. The third-order valence-corrected chi connectivity index (χ3v) is 4.15. The number of aliphatic hydroxyl groups is 1. The molecule has 8 heteroatoms. The maximum atomic E-state index is 12.3. The molecule has 0 aromatic heterocycles. The molecule has 0 aliphatic carbocycles. The number of halogens is 3. The summed E-state index contributed by atoms with van der Waals surface area (Å²) in [6.07, 6.45) is -3.51. The molecule has 0 fully saturated rings. The topological polar surface area (TPSA) is 61.4 Å². The summed E-state index contributed by atoms with van der Waals surface area (Å²) in [5, 5.41) is 14.1. The first-order valence-corrected chi connectivity index (χ1v) is 7.91. The minimum atomic E-state index is -4.29. The van der Waals surface area contributed by atoms with Crippen LogP contribution in [0, 0.1) is 0 Å². The van der Waals surface area contributed by atoms with Gasteiger partial charge in [0.2, 0.25) is 0 Å². The number of rotatable bonds is 6. The molecule has 0 saturated heterocycles. The van der Waals surface area contributed by atoms with Crippen molar-refractivity contribution in [3.8, 4) is 0 Å². The smallest absolute Gasteiger partial charge is 0.393 e. The minimum absolute atomic E-state index is 0.0793. The summed E-state index contributed by atoms with van der Waals surface area (Å²) in [6, 6.07) is 4.81. The molecule has 1 aromatic carbocycles. The summed E-state index contributed by atoms with van der Waals surface area (Å²) < 4.78 is 37.0. The molecule has 0 radical (unpaired) electrons. The summed E-state index contributed by atoms with van der Waals surface area (Å²) in [5.41, 5.74) is 0.367. The van der Waals surface area contributed by atoms with Gasteiger partial charge >= 0.3 is 12.2 Å². The highest BCUT2D eigenvalue weighted by Gasteiger charge is 2.27. The molecule has 0 aliphatic rings. The fourth-order valence-corrected chi connectivity index (χ4v) is 2.52. The minimum Gasteiger partial charge on any atom is -0.395 e. The maximum absolute atomic E-state index is 12.3. The summed E-state index contributed by atoms with van der Waals surface area (Å²) >= 11 is 1.42. The first kappa shape index (κ1) is 18.6. The van der Waals surface area contributed by atoms with Gasteiger partial charge in [0.15, 0.2) is 0 Å². The molecule has 1 aromatic rings. The zero-order valence-corrected chi connectivity index (χ0v) is 13.1. The monoisotopic (exact) mass is 336 g/mol. The van der Waals surface area contributed by atoms with E-state index in [9.17, 15) is 18.0 Å². The van der Waals surface area contributed by atoms with Crippen molar-refractivity contribution in [1.82, 2.24) is 5.32 Å². The molecule has 0 spiro atoms. The molecule has 124 valence electrons. The normalized spacial score (nSPS) is 14.3. The number of alkyl halides is 3. The van der Waals surface area contributed by atoms with Crippen molar-refractivity contribution in [2.45, 2.75) is 30.8 Å². The van der Waals surface area contributed by atoms with Gasteiger partial charge in [-0.05, 0) is 30.9 Å². The second-order valence-corrected chi connectivity index (χ2v) is 5.91. The van der Waals surface area contributed by atoms with Crippen molar-refractivity contribution < 1.29 is 23.1 Å². The average molecular weight is 336 g/mol. The van der Waals surface area contributed by atoms with Gasteiger partial charge in [0, 0.05) is 17.0 Å². The second kappa shape index (κ2) is 8.28. The third kappa shape index (κ3) is 6.57. The van der Waals surface area contributed by atoms with Gasteiger partial charge in [-0.25, -0.2) is 4.79 Å². The van der Waals surface area contributed by atoms with Gasteiger partial charge in [-0.15, -0.1) is 0 Å². The van der Waals surface area contributed by atoms with E-state index in [2.05, 4.69) is 10.6 Å². The predicted octanol–water partition coefficient (Wildman–Crippen LogP) is 3.03. The maximum Gasteiger partial charge on any atom is 0.393 e. The van der Waals surface area contributed by atoms with Crippen LogP contribution in [-0.2, 0) is 6.42 Å². The molecular weight excluding hydrogens is 317 g/mol. The highest BCUT2D eigenvalue weighted by Crippen LogP contribution is 2.22. The fourth-order valence-electron chi connectivity index (χ4n) is 1.89. The molecule has 0 aliphatic heterocycles. The van der Waals surface area contributed by atoms with Gasteiger partial charge in [0.1, 0.15) is 0 Å². The van der Waals surface area contributed by atoms with Crippen LogP contribution in [0.4, 0.5) is 23.7 Å². The zero-order chi connectivity index (χ0) is 16.8. The molecule has 0 heterocycles. The van der Waals surface area contributed by atoms with Crippen LogP contribution in [0.3, 0.4) is 0 Å². The number of anilines is 1. The Labute approximate surface area is 131 Å². The Kier molecular flexibility index (Phi) is 7.02. The lowest BCUT2D eigenvalue weighted by molar-refractivity contribution is -0.127. The summed E-state index contributed by atoms with van der Waals surface area (Å²) in [7, 11) is 0. The van der Waals surface area contributed by atoms with Crippen LogP contribution >= 0.6 is 11.8 Å². The van der Waals surface area contributed by atoms with Gasteiger partial charge in [-0.3, -0.25) is 0 Å².